The monoisotopic (exact) mass is 259 g/mol. The van der Waals surface area contributed by atoms with Crippen molar-refractivity contribution >= 4 is 11.7 Å². The van der Waals surface area contributed by atoms with E-state index < -0.39 is 5.97 Å². The second kappa shape index (κ2) is 5.24. The molecule has 0 spiro atoms. The molecule has 19 heavy (non-hydrogen) atoms. The highest BCUT2D eigenvalue weighted by Crippen LogP contribution is 2.37. The largest absolute Gasteiger partial charge is 0.478 e. The molecule has 1 aliphatic heterocycles. The summed E-state index contributed by atoms with van der Waals surface area (Å²) in [4.78, 5) is 13.4. The van der Waals surface area contributed by atoms with Gasteiger partial charge in [-0.25, -0.2) is 4.79 Å². The van der Waals surface area contributed by atoms with Gasteiger partial charge in [0.2, 0.25) is 0 Å². The molecule has 3 rings (SSSR count). The average Bonchev–Trinajstić information content (AvgIpc) is 2.47. The Labute approximate surface area is 114 Å². The van der Waals surface area contributed by atoms with E-state index in [-0.39, 0.29) is 0 Å². The topological polar surface area (TPSA) is 40.5 Å². The first-order valence-corrected chi connectivity index (χ1v) is 7.36. The Morgan fingerprint density at radius 3 is 2.47 bits per heavy atom. The molecule has 0 bridgehead atoms. The maximum Gasteiger partial charge on any atom is 0.335 e. The zero-order chi connectivity index (χ0) is 13.2. The second-order valence-electron chi connectivity index (χ2n) is 5.80. The first kappa shape index (κ1) is 12.5. The summed E-state index contributed by atoms with van der Waals surface area (Å²) in [5.74, 6) is 0.00221. The average molecular weight is 259 g/mol. The summed E-state index contributed by atoms with van der Waals surface area (Å²) < 4.78 is 0. The molecule has 1 aromatic rings. The Kier molecular flexibility index (Phi) is 3.45. The van der Waals surface area contributed by atoms with Gasteiger partial charge < -0.3 is 10.0 Å². The number of nitrogens with zero attached hydrogens (tertiary/aromatic N) is 1. The number of carbonyl (C=O) groups is 1. The smallest absolute Gasteiger partial charge is 0.335 e. The van der Waals surface area contributed by atoms with Crippen molar-refractivity contribution in [2.75, 3.05) is 11.4 Å². The van der Waals surface area contributed by atoms with Crippen molar-refractivity contribution in [2.24, 2.45) is 5.92 Å². The van der Waals surface area contributed by atoms with Crippen LogP contribution in [0.5, 0.6) is 0 Å². The van der Waals surface area contributed by atoms with Gasteiger partial charge in [0.1, 0.15) is 0 Å². The molecule has 1 saturated heterocycles. The number of hydrogen-bond donors (Lipinski definition) is 1. The predicted molar refractivity (Wildman–Crippen MR) is 75.7 cm³/mol. The van der Waals surface area contributed by atoms with Crippen molar-refractivity contribution in [2.45, 2.75) is 44.6 Å². The molecule has 0 radical (unpaired) electrons. The third kappa shape index (κ3) is 2.46. The first-order chi connectivity index (χ1) is 9.25. The van der Waals surface area contributed by atoms with Crippen molar-refractivity contribution in [3.8, 4) is 0 Å². The van der Waals surface area contributed by atoms with Crippen LogP contribution in [-0.4, -0.2) is 23.7 Å². The number of carboxylic acid groups (broad SMARTS) is 1. The van der Waals surface area contributed by atoms with E-state index in [9.17, 15) is 4.79 Å². The number of hydrogen-bond acceptors (Lipinski definition) is 2. The van der Waals surface area contributed by atoms with Crippen LogP contribution < -0.4 is 4.90 Å². The summed E-state index contributed by atoms with van der Waals surface area (Å²) in [5.41, 5.74) is 1.57. The Bertz CT molecular complexity index is 452. The van der Waals surface area contributed by atoms with Gasteiger partial charge in [-0.1, -0.05) is 12.8 Å². The summed E-state index contributed by atoms with van der Waals surface area (Å²) in [5, 5.41) is 8.96. The van der Waals surface area contributed by atoms with Gasteiger partial charge in [0, 0.05) is 18.3 Å². The van der Waals surface area contributed by atoms with Gasteiger partial charge in [0.05, 0.1) is 5.56 Å². The summed E-state index contributed by atoms with van der Waals surface area (Å²) >= 11 is 0. The second-order valence-corrected chi connectivity index (χ2v) is 5.80. The molecule has 1 N–H and O–H groups in total. The first-order valence-electron chi connectivity index (χ1n) is 7.36. The molecule has 2 aliphatic rings. The lowest BCUT2D eigenvalue weighted by molar-refractivity contribution is 0.0697. The number of carboxylic acids is 1. The highest BCUT2D eigenvalue weighted by molar-refractivity contribution is 5.88. The number of fused-ring (bicyclic) bond motifs is 1. The molecule has 1 aromatic carbocycles. The van der Waals surface area contributed by atoms with Gasteiger partial charge >= 0.3 is 5.97 Å². The van der Waals surface area contributed by atoms with Crippen LogP contribution in [0.15, 0.2) is 24.3 Å². The standard InChI is InChI=1S/C16H21NO2/c18-16(19)13-7-9-14(10-8-13)17-11-3-5-12-4-1-2-6-15(12)17/h7-10,12,15H,1-6,11H2,(H,18,19)/t12-,15-/m1/s1. The van der Waals surface area contributed by atoms with Gasteiger partial charge in [0.25, 0.3) is 0 Å². The summed E-state index contributed by atoms with van der Waals surface area (Å²) in [7, 11) is 0. The molecule has 1 heterocycles. The van der Waals surface area contributed by atoms with Crippen molar-refractivity contribution < 1.29 is 9.90 Å². The van der Waals surface area contributed by atoms with E-state index in [1.807, 2.05) is 12.1 Å². The highest BCUT2D eigenvalue weighted by Gasteiger charge is 2.33. The van der Waals surface area contributed by atoms with E-state index in [1.165, 1.54) is 44.2 Å². The Balaban J connectivity index is 1.81. The summed E-state index contributed by atoms with van der Waals surface area (Å²) in [6, 6.07) is 8.08. The number of anilines is 1. The minimum absolute atomic E-state index is 0.376. The van der Waals surface area contributed by atoms with E-state index in [1.54, 1.807) is 12.1 Å². The normalized spacial score (nSPS) is 26.8. The maximum absolute atomic E-state index is 10.9. The summed E-state index contributed by atoms with van der Waals surface area (Å²) in [6.45, 7) is 1.12. The van der Waals surface area contributed by atoms with Crippen molar-refractivity contribution in [3.63, 3.8) is 0 Å². The minimum atomic E-state index is -0.847. The molecular formula is C16H21NO2. The zero-order valence-corrected chi connectivity index (χ0v) is 11.2. The van der Waals surface area contributed by atoms with Gasteiger partial charge in [-0.3, -0.25) is 0 Å². The zero-order valence-electron chi connectivity index (χ0n) is 11.2. The van der Waals surface area contributed by atoms with E-state index in [2.05, 4.69) is 4.90 Å². The molecule has 0 aromatic heterocycles. The van der Waals surface area contributed by atoms with Crippen LogP contribution in [-0.2, 0) is 0 Å². The minimum Gasteiger partial charge on any atom is -0.478 e. The summed E-state index contributed by atoms with van der Waals surface area (Å²) in [6.07, 6.45) is 8.02. The fourth-order valence-electron chi connectivity index (χ4n) is 3.74. The quantitative estimate of drug-likeness (QED) is 0.883. The SMILES string of the molecule is O=C(O)c1ccc(N2CCC[C@H]3CCCC[C@H]32)cc1. The molecule has 2 atom stereocenters. The van der Waals surface area contributed by atoms with Crippen molar-refractivity contribution in [1.82, 2.24) is 0 Å². The van der Waals surface area contributed by atoms with Gasteiger partial charge in [-0.2, -0.15) is 0 Å². The maximum atomic E-state index is 10.9. The number of aromatic carboxylic acids is 1. The van der Waals surface area contributed by atoms with Crippen LogP contribution in [0.3, 0.4) is 0 Å². The van der Waals surface area contributed by atoms with Crippen molar-refractivity contribution in [3.05, 3.63) is 29.8 Å². The van der Waals surface area contributed by atoms with Crippen LogP contribution >= 0.6 is 0 Å². The van der Waals surface area contributed by atoms with Gasteiger partial charge in [-0.15, -0.1) is 0 Å². The van der Waals surface area contributed by atoms with Crippen LogP contribution in [0.25, 0.3) is 0 Å². The fourth-order valence-corrected chi connectivity index (χ4v) is 3.74. The van der Waals surface area contributed by atoms with Crippen LogP contribution in [0, 0.1) is 5.92 Å². The molecule has 1 saturated carbocycles. The lowest BCUT2D eigenvalue weighted by atomic mass is 9.78. The van der Waals surface area contributed by atoms with E-state index in [0.717, 1.165) is 12.5 Å². The Hall–Kier alpha value is -1.51. The van der Waals surface area contributed by atoms with E-state index in [0.29, 0.717) is 11.6 Å². The Morgan fingerprint density at radius 2 is 1.74 bits per heavy atom. The van der Waals surface area contributed by atoms with Gasteiger partial charge in [0.15, 0.2) is 0 Å². The number of piperidine rings is 1. The van der Waals surface area contributed by atoms with E-state index >= 15 is 0 Å². The van der Waals surface area contributed by atoms with Crippen LogP contribution in [0.4, 0.5) is 5.69 Å². The number of benzene rings is 1. The predicted octanol–water partition coefficient (Wildman–Crippen LogP) is 3.54. The fraction of sp³-hybridized carbons (Fsp3) is 0.562. The third-order valence-electron chi connectivity index (χ3n) is 4.69. The molecule has 3 nitrogen and oxygen atoms in total. The molecule has 0 amide bonds. The Morgan fingerprint density at radius 1 is 1.05 bits per heavy atom. The molecule has 3 heteroatoms. The molecule has 1 aliphatic carbocycles. The molecule has 102 valence electrons. The number of rotatable bonds is 2. The van der Waals surface area contributed by atoms with Crippen molar-refractivity contribution in [1.29, 1.82) is 0 Å². The lowest BCUT2D eigenvalue weighted by Crippen LogP contribution is -2.46. The third-order valence-corrected chi connectivity index (χ3v) is 4.69. The van der Waals surface area contributed by atoms with E-state index in [4.69, 9.17) is 5.11 Å². The van der Waals surface area contributed by atoms with Crippen LogP contribution in [0.1, 0.15) is 48.9 Å². The molecular weight excluding hydrogens is 238 g/mol. The van der Waals surface area contributed by atoms with Crippen LogP contribution in [0.2, 0.25) is 0 Å². The molecule has 0 unspecified atom stereocenters. The molecule has 2 fully saturated rings. The van der Waals surface area contributed by atoms with Gasteiger partial charge in [-0.05, 0) is 55.9 Å². The highest BCUT2D eigenvalue weighted by atomic mass is 16.4. The lowest BCUT2D eigenvalue weighted by Gasteiger charge is -2.45.